The molecule has 0 radical (unpaired) electrons. The fraction of sp³-hybridized carbons (Fsp3) is 0.467. The maximum atomic E-state index is 11.8. The number of rotatable bonds is 4. The third-order valence-corrected chi connectivity index (χ3v) is 3.37. The highest BCUT2D eigenvalue weighted by atomic mass is 16.7. The van der Waals surface area contributed by atoms with Crippen LogP contribution < -0.4 is 14.9 Å². The Kier molecular flexibility index (Phi) is 4.26. The van der Waals surface area contributed by atoms with Gasteiger partial charge in [0.1, 0.15) is 13.2 Å². The zero-order chi connectivity index (χ0) is 15.4. The molecule has 0 unspecified atom stereocenters. The van der Waals surface area contributed by atoms with Gasteiger partial charge in [-0.2, -0.15) is 5.10 Å². The van der Waals surface area contributed by atoms with E-state index in [4.69, 9.17) is 18.9 Å². The average Bonchev–Trinajstić information content (AvgIpc) is 2.93. The molecular weight excluding hydrogens is 288 g/mol. The van der Waals surface area contributed by atoms with Crippen molar-refractivity contribution in [3.63, 3.8) is 0 Å². The molecule has 1 amide bonds. The summed E-state index contributed by atoms with van der Waals surface area (Å²) < 4.78 is 21.8. The molecule has 1 saturated heterocycles. The Balaban J connectivity index is 1.59. The Labute approximate surface area is 128 Å². The van der Waals surface area contributed by atoms with Crippen LogP contribution in [0.25, 0.3) is 0 Å². The van der Waals surface area contributed by atoms with E-state index in [1.807, 2.05) is 18.2 Å². The molecule has 0 aliphatic carbocycles. The van der Waals surface area contributed by atoms with Crippen LogP contribution in [0.2, 0.25) is 0 Å². The third kappa shape index (κ3) is 3.37. The van der Waals surface area contributed by atoms with Gasteiger partial charge in [-0.15, -0.1) is 0 Å². The zero-order valence-corrected chi connectivity index (χ0v) is 12.3. The molecule has 7 nitrogen and oxygen atoms in total. The molecule has 0 atom stereocenters. The van der Waals surface area contributed by atoms with Gasteiger partial charge in [-0.1, -0.05) is 6.07 Å². The summed E-state index contributed by atoms with van der Waals surface area (Å²) in [6, 6.07) is 5.52. The molecule has 1 aromatic carbocycles. The normalized spacial score (nSPS) is 19.3. The van der Waals surface area contributed by atoms with E-state index in [1.54, 1.807) is 6.92 Å². The van der Waals surface area contributed by atoms with Crippen LogP contribution in [0.1, 0.15) is 18.9 Å². The van der Waals surface area contributed by atoms with Crippen molar-refractivity contribution in [2.24, 2.45) is 5.10 Å². The predicted molar refractivity (Wildman–Crippen MR) is 78.1 cm³/mol. The minimum atomic E-state index is -0.859. The van der Waals surface area contributed by atoms with Crippen LogP contribution in [0, 0.1) is 0 Å². The smallest absolute Gasteiger partial charge is 0.245 e. The van der Waals surface area contributed by atoms with Crippen LogP contribution in [-0.4, -0.2) is 44.3 Å². The van der Waals surface area contributed by atoms with Crippen molar-refractivity contribution in [1.82, 2.24) is 5.43 Å². The molecule has 22 heavy (non-hydrogen) atoms. The van der Waals surface area contributed by atoms with E-state index < -0.39 is 5.79 Å². The number of fused-ring (bicyclic) bond motifs is 1. The van der Waals surface area contributed by atoms with Crippen LogP contribution in [0.15, 0.2) is 23.3 Å². The summed E-state index contributed by atoms with van der Waals surface area (Å²) in [4.78, 5) is 11.8. The standard InChI is InChI=1S/C15H18N2O5/c1-15(21-7-8-22-15)9-13(18)17-16-10-11-3-2-4-12-14(11)20-6-5-19-12/h2-4,10H,5-9H2,1H3,(H,17,18). The first-order chi connectivity index (χ1) is 10.7. The number of carbonyl (C=O) groups is 1. The highest BCUT2D eigenvalue weighted by Gasteiger charge is 2.33. The fourth-order valence-corrected chi connectivity index (χ4v) is 2.36. The van der Waals surface area contributed by atoms with Gasteiger partial charge >= 0.3 is 0 Å². The van der Waals surface area contributed by atoms with Gasteiger partial charge in [0, 0.05) is 5.56 Å². The summed E-state index contributed by atoms with van der Waals surface area (Å²) in [5.74, 6) is 0.188. The van der Waals surface area contributed by atoms with E-state index in [1.165, 1.54) is 6.21 Å². The average molecular weight is 306 g/mol. The molecule has 7 heteroatoms. The lowest BCUT2D eigenvalue weighted by Crippen LogP contribution is -2.33. The summed E-state index contributed by atoms with van der Waals surface area (Å²) in [7, 11) is 0. The monoisotopic (exact) mass is 306 g/mol. The molecule has 0 bridgehead atoms. The van der Waals surface area contributed by atoms with Crippen molar-refractivity contribution in [1.29, 1.82) is 0 Å². The molecule has 1 fully saturated rings. The van der Waals surface area contributed by atoms with Gasteiger partial charge in [-0.05, 0) is 19.1 Å². The summed E-state index contributed by atoms with van der Waals surface area (Å²) in [6.07, 6.45) is 1.63. The van der Waals surface area contributed by atoms with Crippen LogP contribution in [0.5, 0.6) is 11.5 Å². The Morgan fingerprint density at radius 1 is 1.27 bits per heavy atom. The molecule has 3 rings (SSSR count). The number of nitrogens with one attached hydrogen (secondary N) is 1. The maximum absolute atomic E-state index is 11.8. The Bertz CT molecular complexity index is 581. The van der Waals surface area contributed by atoms with Gasteiger partial charge in [0.05, 0.1) is 25.8 Å². The first-order valence-electron chi connectivity index (χ1n) is 7.15. The van der Waals surface area contributed by atoms with E-state index in [2.05, 4.69) is 10.5 Å². The molecule has 0 saturated carbocycles. The van der Waals surface area contributed by atoms with Crippen molar-refractivity contribution in [3.05, 3.63) is 23.8 Å². The number of ether oxygens (including phenoxy) is 4. The van der Waals surface area contributed by atoms with Crippen LogP contribution in [-0.2, 0) is 14.3 Å². The molecule has 2 heterocycles. The molecular formula is C15H18N2O5. The van der Waals surface area contributed by atoms with Crippen LogP contribution >= 0.6 is 0 Å². The topological polar surface area (TPSA) is 78.4 Å². The summed E-state index contributed by atoms with van der Waals surface area (Å²) in [5, 5.41) is 3.95. The summed E-state index contributed by atoms with van der Waals surface area (Å²) in [6.45, 7) is 3.77. The lowest BCUT2D eigenvalue weighted by Gasteiger charge is -2.20. The van der Waals surface area contributed by atoms with Crippen LogP contribution in [0.3, 0.4) is 0 Å². The number of hydrogen-bond donors (Lipinski definition) is 1. The number of amides is 1. The second-order valence-corrected chi connectivity index (χ2v) is 5.17. The second kappa shape index (κ2) is 6.33. The molecule has 1 aromatic rings. The van der Waals surface area contributed by atoms with Gasteiger partial charge in [-0.3, -0.25) is 4.79 Å². The highest BCUT2D eigenvalue weighted by Crippen LogP contribution is 2.32. The van der Waals surface area contributed by atoms with Crippen LogP contribution in [0.4, 0.5) is 0 Å². The number of benzene rings is 1. The van der Waals surface area contributed by atoms with E-state index in [0.29, 0.717) is 37.9 Å². The first kappa shape index (κ1) is 14.8. The number of nitrogens with zero attached hydrogens (tertiary/aromatic N) is 1. The van der Waals surface area contributed by atoms with Gasteiger partial charge < -0.3 is 18.9 Å². The Morgan fingerprint density at radius 2 is 2.05 bits per heavy atom. The second-order valence-electron chi connectivity index (χ2n) is 5.17. The SMILES string of the molecule is CC1(CC(=O)NN=Cc2cccc3c2OCCO3)OCCO1. The Hall–Kier alpha value is -2.12. The lowest BCUT2D eigenvalue weighted by atomic mass is 10.2. The van der Waals surface area contributed by atoms with Crippen molar-refractivity contribution in [2.45, 2.75) is 19.1 Å². The number of hydrazone groups is 1. The fourth-order valence-electron chi connectivity index (χ4n) is 2.36. The van der Waals surface area contributed by atoms with Gasteiger partial charge in [0.15, 0.2) is 17.3 Å². The minimum absolute atomic E-state index is 0.0941. The molecule has 118 valence electrons. The molecule has 2 aliphatic rings. The molecule has 0 spiro atoms. The van der Waals surface area contributed by atoms with E-state index in [9.17, 15) is 4.79 Å². The molecule has 1 N–H and O–H groups in total. The van der Waals surface area contributed by atoms with E-state index in [0.717, 1.165) is 5.56 Å². The summed E-state index contributed by atoms with van der Waals surface area (Å²) >= 11 is 0. The van der Waals surface area contributed by atoms with Gasteiger partial charge in [-0.25, -0.2) is 5.43 Å². The van der Waals surface area contributed by atoms with Gasteiger partial charge in [0.2, 0.25) is 5.91 Å². The van der Waals surface area contributed by atoms with Crippen molar-refractivity contribution >= 4 is 12.1 Å². The van der Waals surface area contributed by atoms with Crippen molar-refractivity contribution < 1.29 is 23.7 Å². The quantitative estimate of drug-likeness (QED) is 0.665. The minimum Gasteiger partial charge on any atom is -0.486 e. The molecule has 0 aromatic heterocycles. The highest BCUT2D eigenvalue weighted by molar-refractivity contribution is 5.86. The largest absolute Gasteiger partial charge is 0.486 e. The van der Waals surface area contributed by atoms with Gasteiger partial charge in [0.25, 0.3) is 0 Å². The van der Waals surface area contributed by atoms with Crippen molar-refractivity contribution in [3.8, 4) is 11.5 Å². The molecule has 2 aliphatic heterocycles. The lowest BCUT2D eigenvalue weighted by molar-refractivity contribution is -0.159. The third-order valence-electron chi connectivity index (χ3n) is 3.37. The zero-order valence-electron chi connectivity index (χ0n) is 12.3. The number of carbonyl (C=O) groups excluding carboxylic acids is 1. The predicted octanol–water partition coefficient (Wildman–Crippen LogP) is 1.06. The van der Waals surface area contributed by atoms with Crippen molar-refractivity contribution in [2.75, 3.05) is 26.4 Å². The van der Waals surface area contributed by atoms with E-state index >= 15 is 0 Å². The first-order valence-corrected chi connectivity index (χ1v) is 7.15. The Morgan fingerprint density at radius 3 is 2.86 bits per heavy atom. The van der Waals surface area contributed by atoms with E-state index in [-0.39, 0.29) is 12.3 Å². The number of para-hydroxylation sites is 1. The summed E-state index contributed by atoms with van der Waals surface area (Å²) in [5.41, 5.74) is 3.21. The number of hydrogen-bond acceptors (Lipinski definition) is 6. The maximum Gasteiger partial charge on any atom is 0.245 e.